The molecule has 0 aliphatic rings. The van der Waals surface area contributed by atoms with Crippen LogP contribution >= 0.6 is 0 Å². The Morgan fingerprint density at radius 3 is 2.33 bits per heavy atom. The molecule has 2 rings (SSSR count). The normalized spacial score (nSPS) is 11.9. The molecule has 18 heavy (non-hydrogen) atoms. The Bertz CT molecular complexity index is 521. The van der Waals surface area contributed by atoms with Gasteiger partial charge in [0.15, 0.2) is 0 Å². The molecule has 1 unspecified atom stereocenters. The first-order chi connectivity index (χ1) is 8.66. The van der Waals surface area contributed by atoms with E-state index in [0.717, 1.165) is 5.56 Å². The maximum atomic E-state index is 11.9. The SMILES string of the molecule is CC(O)c1ccc(C(=O)Nc2ccncc2)cc1. The second-order valence-electron chi connectivity index (χ2n) is 3.99. The number of pyridine rings is 1. The van der Waals surface area contributed by atoms with Gasteiger partial charge in [0.2, 0.25) is 0 Å². The van der Waals surface area contributed by atoms with Crippen molar-refractivity contribution in [2.45, 2.75) is 13.0 Å². The van der Waals surface area contributed by atoms with Gasteiger partial charge in [0, 0.05) is 23.6 Å². The molecule has 4 nitrogen and oxygen atoms in total. The van der Waals surface area contributed by atoms with E-state index in [4.69, 9.17) is 0 Å². The van der Waals surface area contributed by atoms with Crippen LogP contribution in [0.15, 0.2) is 48.8 Å². The van der Waals surface area contributed by atoms with Crippen LogP contribution in [0.1, 0.15) is 28.9 Å². The number of aliphatic hydroxyl groups is 1. The quantitative estimate of drug-likeness (QED) is 0.868. The Labute approximate surface area is 105 Å². The van der Waals surface area contributed by atoms with E-state index in [1.165, 1.54) is 0 Å². The molecule has 1 aromatic carbocycles. The number of nitrogens with one attached hydrogen (secondary N) is 1. The van der Waals surface area contributed by atoms with Crippen molar-refractivity contribution in [2.24, 2.45) is 0 Å². The molecule has 1 aromatic heterocycles. The second-order valence-corrected chi connectivity index (χ2v) is 3.99. The zero-order valence-electron chi connectivity index (χ0n) is 10.00. The molecule has 2 N–H and O–H groups in total. The number of rotatable bonds is 3. The lowest BCUT2D eigenvalue weighted by molar-refractivity contribution is 0.102. The van der Waals surface area contributed by atoms with E-state index < -0.39 is 6.10 Å². The van der Waals surface area contributed by atoms with Crippen LogP contribution in [0.4, 0.5) is 5.69 Å². The fraction of sp³-hybridized carbons (Fsp3) is 0.143. The number of nitrogens with zero attached hydrogens (tertiary/aromatic N) is 1. The third-order valence-corrected chi connectivity index (χ3v) is 2.59. The number of carbonyl (C=O) groups excluding carboxylic acids is 1. The molecule has 0 saturated heterocycles. The predicted octanol–water partition coefficient (Wildman–Crippen LogP) is 2.39. The highest BCUT2D eigenvalue weighted by Crippen LogP contribution is 2.14. The number of hydrogen-bond donors (Lipinski definition) is 2. The van der Waals surface area contributed by atoms with E-state index in [1.54, 1.807) is 55.7 Å². The van der Waals surface area contributed by atoms with Gasteiger partial charge in [-0.25, -0.2) is 0 Å². The predicted molar refractivity (Wildman–Crippen MR) is 69.3 cm³/mol. The van der Waals surface area contributed by atoms with Gasteiger partial charge in [0.1, 0.15) is 0 Å². The number of amides is 1. The summed E-state index contributed by atoms with van der Waals surface area (Å²) in [6.45, 7) is 1.69. The van der Waals surface area contributed by atoms with Gasteiger partial charge in [0.05, 0.1) is 6.10 Å². The van der Waals surface area contributed by atoms with Gasteiger partial charge in [-0.15, -0.1) is 0 Å². The van der Waals surface area contributed by atoms with E-state index in [0.29, 0.717) is 11.3 Å². The van der Waals surface area contributed by atoms with Crippen LogP contribution in [0, 0.1) is 0 Å². The summed E-state index contributed by atoms with van der Waals surface area (Å²) in [4.78, 5) is 15.8. The lowest BCUT2D eigenvalue weighted by Gasteiger charge is -2.07. The van der Waals surface area contributed by atoms with Crippen LogP contribution in [-0.4, -0.2) is 16.0 Å². The zero-order valence-corrected chi connectivity index (χ0v) is 10.00. The Morgan fingerprint density at radius 2 is 1.78 bits per heavy atom. The molecular weight excluding hydrogens is 228 g/mol. The van der Waals surface area contributed by atoms with Crippen LogP contribution in [0.5, 0.6) is 0 Å². The second kappa shape index (κ2) is 5.42. The Hall–Kier alpha value is -2.20. The van der Waals surface area contributed by atoms with Crippen molar-refractivity contribution in [3.05, 3.63) is 59.9 Å². The fourth-order valence-corrected chi connectivity index (χ4v) is 1.55. The molecule has 4 heteroatoms. The summed E-state index contributed by atoms with van der Waals surface area (Å²) in [6, 6.07) is 10.3. The molecular formula is C14H14N2O2. The minimum absolute atomic E-state index is 0.182. The summed E-state index contributed by atoms with van der Waals surface area (Å²) in [5.74, 6) is -0.182. The van der Waals surface area contributed by atoms with Crippen molar-refractivity contribution in [3.8, 4) is 0 Å². The topological polar surface area (TPSA) is 62.2 Å². The average molecular weight is 242 g/mol. The maximum Gasteiger partial charge on any atom is 0.255 e. The first-order valence-electron chi connectivity index (χ1n) is 5.66. The summed E-state index contributed by atoms with van der Waals surface area (Å²) in [5, 5.41) is 12.1. The highest BCUT2D eigenvalue weighted by molar-refractivity contribution is 6.04. The van der Waals surface area contributed by atoms with Crippen molar-refractivity contribution in [1.29, 1.82) is 0 Å². The lowest BCUT2D eigenvalue weighted by Crippen LogP contribution is -2.11. The minimum Gasteiger partial charge on any atom is -0.389 e. The first kappa shape index (κ1) is 12.3. The van der Waals surface area contributed by atoms with E-state index >= 15 is 0 Å². The molecule has 2 aromatic rings. The number of hydrogen-bond acceptors (Lipinski definition) is 3. The Balaban J connectivity index is 2.10. The summed E-state index contributed by atoms with van der Waals surface area (Å²) in [6.07, 6.45) is 2.71. The van der Waals surface area contributed by atoms with E-state index in [2.05, 4.69) is 10.3 Å². The van der Waals surface area contributed by atoms with E-state index in [1.807, 2.05) is 0 Å². The van der Waals surface area contributed by atoms with Crippen LogP contribution in [0.3, 0.4) is 0 Å². The van der Waals surface area contributed by atoms with E-state index in [9.17, 15) is 9.90 Å². The number of aliphatic hydroxyl groups excluding tert-OH is 1. The van der Waals surface area contributed by atoms with Crippen molar-refractivity contribution >= 4 is 11.6 Å². The number of anilines is 1. The largest absolute Gasteiger partial charge is 0.389 e. The molecule has 0 saturated carbocycles. The number of benzene rings is 1. The summed E-state index contributed by atoms with van der Waals surface area (Å²) in [5.41, 5.74) is 2.04. The Morgan fingerprint density at radius 1 is 1.17 bits per heavy atom. The standard InChI is InChI=1S/C14H14N2O2/c1-10(17)11-2-4-12(5-3-11)14(18)16-13-6-8-15-9-7-13/h2-10,17H,1H3,(H,15,16,18). The average Bonchev–Trinajstić information content (AvgIpc) is 2.40. The number of carbonyl (C=O) groups is 1. The molecule has 1 amide bonds. The van der Waals surface area contributed by atoms with Gasteiger partial charge in [-0.2, -0.15) is 0 Å². The van der Waals surface area contributed by atoms with Gasteiger partial charge in [0.25, 0.3) is 5.91 Å². The highest BCUT2D eigenvalue weighted by atomic mass is 16.3. The van der Waals surface area contributed by atoms with E-state index in [-0.39, 0.29) is 5.91 Å². The van der Waals surface area contributed by atoms with Gasteiger partial charge < -0.3 is 10.4 Å². The van der Waals surface area contributed by atoms with Crippen LogP contribution in [-0.2, 0) is 0 Å². The smallest absolute Gasteiger partial charge is 0.255 e. The van der Waals surface area contributed by atoms with Crippen molar-refractivity contribution in [1.82, 2.24) is 4.98 Å². The monoisotopic (exact) mass is 242 g/mol. The number of aromatic nitrogens is 1. The molecule has 92 valence electrons. The molecule has 0 spiro atoms. The van der Waals surface area contributed by atoms with Crippen LogP contribution < -0.4 is 5.32 Å². The summed E-state index contributed by atoms with van der Waals surface area (Å²) < 4.78 is 0. The molecule has 1 heterocycles. The van der Waals surface area contributed by atoms with Crippen LogP contribution in [0.2, 0.25) is 0 Å². The molecule has 0 bridgehead atoms. The van der Waals surface area contributed by atoms with Crippen molar-refractivity contribution in [2.75, 3.05) is 5.32 Å². The molecule has 0 radical (unpaired) electrons. The first-order valence-corrected chi connectivity index (χ1v) is 5.66. The Kier molecular flexibility index (Phi) is 3.69. The van der Waals surface area contributed by atoms with Gasteiger partial charge >= 0.3 is 0 Å². The minimum atomic E-state index is -0.526. The van der Waals surface area contributed by atoms with Crippen LogP contribution in [0.25, 0.3) is 0 Å². The molecule has 1 atom stereocenters. The van der Waals surface area contributed by atoms with Gasteiger partial charge in [-0.05, 0) is 36.8 Å². The van der Waals surface area contributed by atoms with Crippen molar-refractivity contribution in [3.63, 3.8) is 0 Å². The third-order valence-electron chi connectivity index (χ3n) is 2.59. The lowest BCUT2D eigenvalue weighted by atomic mass is 10.1. The summed E-state index contributed by atoms with van der Waals surface area (Å²) in [7, 11) is 0. The fourth-order valence-electron chi connectivity index (χ4n) is 1.55. The maximum absolute atomic E-state index is 11.9. The highest BCUT2D eigenvalue weighted by Gasteiger charge is 2.07. The van der Waals surface area contributed by atoms with Gasteiger partial charge in [-0.3, -0.25) is 9.78 Å². The molecule has 0 aliphatic carbocycles. The third kappa shape index (κ3) is 2.93. The molecule has 0 aliphatic heterocycles. The summed E-state index contributed by atoms with van der Waals surface area (Å²) >= 11 is 0. The van der Waals surface area contributed by atoms with Crippen molar-refractivity contribution < 1.29 is 9.90 Å². The van der Waals surface area contributed by atoms with Gasteiger partial charge in [-0.1, -0.05) is 12.1 Å². The molecule has 0 fully saturated rings. The zero-order chi connectivity index (χ0) is 13.0.